The Bertz CT molecular complexity index is 519. The molecule has 19 heavy (non-hydrogen) atoms. The molecule has 0 aromatic heterocycles. The summed E-state index contributed by atoms with van der Waals surface area (Å²) in [4.78, 5) is 10.6. The molecule has 0 bridgehead atoms. The third-order valence-electron chi connectivity index (χ3n) is 2.82. The lowest BCUT2D eigenvalue weighted by molar-refractivity contribution is -0.166. The topological polar surface area (TPSA) is 88.0 Å². The van der Waals surface area contributed by atoms with Crippen LogP contribution in [0.3, 0.4) is 0 Å². The van der Waals surface area contributed by atoms with E-state index >= 15 is 0 Å². The summed E-state index contributed by atoms with van der Waals surface area (Å²) in [6.07, 6.45) is -4.52. The summed E-state index contributed by atoms with van der Waals surface area (Å²) in [6.45, 7) is 0. The number of alkyl halides is 3. The molecular formula is C11H10F3N3O2. The normalized spacial score (nSPS) is 18.1. The monoisotopic (exact) mass is 273 g/mol. The van der Waals surface area contributed by atoms with Gasteiger partial charge in [-0.15, -0.1) is 10.2 Å². The molecule has 0 saturated carbocycles. The van der Waals surface area contributed by atoms with Crippen LogP contribution in [0.15, 0.2) is 34.5 Å². The number of nitrogens with two attached hydrogens (primary N) is 1. The number of carboxylic acid groups (broad SMARTS) is 1. The molecule has 5 nitrogen and oxygen atoms in total. The zero-order valence-corrected chi connectivity index (χ0v) is 9.55. The summed E-state index contributed by atoms with van der Waals surface area (Å²) in [5.41, 5.74) is 3.34. The Morgan fingerprint density at radius 1 is 1.32 bits per heavy atom. The van der Waals surface area contributed by atoms with Crippen LogP contribution in [0.25, 0.3) is 0 Å². The van der Waals surface area contributed by atoms with Gasteiger partial charge in [-0.25, -0.2) is 0 Å². The van der Waals surface area contributed by atoms with E-state index in [1.807, 2.05) is 0 Å². The van der Waals surface area contributed by atoms with Crippen LogP contribution in [0, 0.1) is 0 Å². The number of aliphatic carboxylic acids is 1. The van der Waals surface area contributed by atoms with Crippen molar-refractivity contribution in [3.05, 3.63) is 35.4 Å². The van der Waals surface area contributed by atoms with Crippen LogP contribution in [-0.4, -0.2) is 23.3 Å². The van der Waals surface area contributed by atoms with Crippen molar-refractivity contribution < 1.29 is 23.1 Å². The second-order valence-electron chi connectivity index (χ2n) is 4.22. The molecule has 0 amide bonds. The van der Waals surface area contributed by atoms with Crippen molar-refractivity contribution in [2.24, 2.45) is 16.0 Å². The molecule has 1 atom stereocenters. The van der Waals surface area contributed by atoms with E-state index in [-0.39, 0.29) is 12.0 Å². The fraction of sp³-hybridized carbons (Fsp3) is 0.364. The number of halogens is 3. The zero-order chi connectivity index (χ0) is 14.3. The van der Waals surface area contributed by atoms with Crippen LogP contribution >= 0.6 is 0 Å². The average Bonchev–Trinajstić information content (AvgIpc) is 3.10. The highest BCUT2D eigenvalue weighted by molar-refractivity contribution is 5.73. The Labute approximate surface area is 105 Å². The first kappa shape index (κ1) is 13.5. The first-order valence-electron chi connectivity index (χ1n) is 5.35. The van der Waals surface area contributed by atoms with Crippen molar-refractivity contribution in [1.29, 1.82) is 0 Å². The van der Waals surface area contributed by atoms with Crippen molar-refractivity contribution in [3.8, 4) is 0 Å². The summed E-state index contributed by atoms with van der Waals surface area (Å²) in [6, 6.07) is 4.18. The van der Waals surface area contributed by atoms with Crippen molar-refractivity contribution in [3.63, 3.8) is 0 Å². The Balaban J connectivity index is 2.14. The summed E-state index contributed by atoms with van der Waals surface area (Å²) in [7, 11) is 0. The van der Waals surface area contributed by atoms with Crippen molar-refractivity contribution in [1.82, 2.24) is 0 Å². The van der Waals surface area contributed by atoms with Crippen LogP contribution in [0.5, 0.6) is 0 Å². The van der Waals surface area contributed by atoms with E-state index in [4.69, 9.17) is 10.8 Å². The molecule has 0 fully saturated rings. The van der Waals surface area contributed by atoms with Gasteiger partial charge in [0.1, 0.15) is 6.04 Å². The Morgan fingerprint density at radius 2 is 1.84 bits per heavy atom. The molecule has 0 spiro atoms. The first-order valence-corrected chi connectivity index (χ1v) is 5.35. The minimum atomic E-state index is -4.56. The van der Waals surface area contributed by atoms with Crippen molar-refractivity contribution in [2.75, 3.05) is 0 Å². The molecule has 0 unspecified atom stereocenters. The van der Waals surface area contributed by atoms with Gasteiger partial charge in [-0.05, 0) is 12.0 Å². The molecule has 0 saturated heterocycles. The fourth-order valence-electron chi connectivity index (χ4n) is 1.66. The number of benzene rings is 1. The molecule has 1 aromatic rings. The van der Waals surface area contributed by atoms with Gasteiger partial charge in [0, 0.05) is 5.56 Å². The molecule has 0 radical (unpaired) electrons. The van der Waals surface area contributed by atoms with Gasteiger partial charge in [-0.3, -0.25) is 4.79 Å². The highest BCUT2D eigenvalue weighted by Gasteiger charge is 2.65. The lowest BCUT2D eigenvalue weighted by Crippen LogP contribution is -2.32. The number of hydrogen-bond acceptors (Lipinski definition) is 4. The van der Waals surface area contributed by atoms with Gasteiger partial charge in [0.2, 0.25) is 0 Å². The number of carboxylic acids is 1. The summed E-state index contributed by atoms with van der Waals surface area (Å²) in [5, 5.41) is 14.8. The van der Waals surface area contributed by atoms with Gasteiger partial charge in [-0.1, -0.05) is 24.3 Å². The average molecular weight is 273 g/mol. The van der Waals surface area contributed by atoms with E-state index < -0.39 is 23.9 Å². The molecule has 1 aromatic carbocycles. The van der Waals surface area contributed by atoms with Crippen LogP contribution in [0.1, 0.15) is 11.1 Å². The predicted molar refractivity (Wildman–Crippen MR) is 58.3 cm³/mol. The third kappa shape index (κ3) is 2.43. The molecule has 0 aliphatic carbocycles. The maximum Gasteiger partial charge on any atom is 0.442 e. The highest BCUT2D eigenvalue weighted by Crippen LogP contribution is 2.52. The van der Waals surface area contributed by atoms with Gasteiger partial charge < -0.3 is 10.8 Å². The van der Waals surface area contributed by atoms with E-state index in [0.717, 1.165) is 0 Å². The van der Waals surface area contributed by atoms with E-state index in [9.17, 15) is 18.0 Å². The van der Waals surface area contributed by atoms with Gasteiger partial charge >= 0.3 is 17.8 Å². The van der Waals surface area contributed by atoms with E-state index in [0.29, 0.717) is 5.56 Å². The number of carbonyl (C=O) groups is 1. The second-order valence-corrected chi connectivity index (χ2v) is 4.22. The van der Waals surface area contributed by atoms with Gasteiger partial charge in [0.25, 0.3) is 0 Å². The first-order chi connectivity index (χ1) is 8.76. The standard InChI is InChI=1S/C11H10F3N3O2/c12-11(13,14)10(16-17-10)7-3-1-6(2-4-7)5-8(15)9(18)19/h1-4,8H,5,15H2,(H,18,19)/t8-/m1/s1. The largest absolute Gasteiger partial charge is 0.480 e. The maximum atomic E-state index is 12.7. The molecule has 1 aliphatic rings. The predicted octanol–water partition coefficient (Wildman–Crippen LogP) is 1.82. The summed E-state index contributed by atoms with van der Waals surface area (Å²) < 4.78 is 38.1. The molecule has 1 heterocycles. The van der Waals surface area contributed by atoms with Gasteiger partial charge in [-0.2, -0.15) is 13.2 Å². The number of rotatable bonds is 4. The fourth-order valence-corrected chi connectivity index (χ4v) is 1.66. The lowest BCUT2D eigenvalue weighted by atomic mass is 9.99. The zero-order valence-electron chi connectivity index (χ0n) is 9.55. The van der Waals surface area contributed by atoms with Crippen LogP contribution in [-0.2, 0) is 16.9 Å². The molecular weight excluding hydrogens is 263 g/mol. The molecule has 8 heteroatoms. The summed E-state index contributed by atoms with van der Waals surface area (Å²) >= 11 is 0. The molecule has 3 N–H and O–H groups in total. The maximum absolute atomic E-state index is 12.7. The molecule has 2 rings (SSSR count). The Hall–Kier alpha value is -1.96. The third-order valence-corrected chi connectivity index (χ3v) is 2.82. The van der Waals surface area contributed by atoms with Crippen LogP contribution < -0.4 is 5.73 Å². The Morgan fingerprint density at radius 3 is 2.21 bits per heavy atom. The van der Waals surface area contributed by atoms with Crippen LogP contribution in [0.4, 0.5) is 13.2 Å². The quantitative estimate of drug-likeness (QED) is 0.877. The molecule has 1 aliphatic heterocycles. The minimum Gasteiger partial charge on any atom is -0.480 e. The molecule has 102 valence electrons. The van der Waals surface area contributed by atoms with Gasteiger partial charge in [0.05, 0.1) is 0 Å². The SMILES string of the molecule is N[C@H](Cc1ccc(C2(C(F)(F)F)N=N2)cc1)C(=O)O. The lowest BCUT2D eigenvalue weighted by Gasteiger charge is -2.15. The summed E-state index contributed by atoms with van der Waals surface area (Å²) in [5.74, 6) is -1.16. The van der Waals surface area contributed by atoms with Crippen molar-refractivity contribution in [2.45, 2.75) is 24.3 Å². The number of nitrogens with zero attached hydrogens (tertiary/aromatic N) is 2. The Kier molecular flexibility index (Phi) is 3.05. The van der Waals surface area contributed by atoms with E-state index in [1.165, 1.54) is 24.3 Å². The smallest absolute Gasteiger partial charge is 0.442 e. The highest BCUT2D eigenvalue weighted by atomic mass is 19.4. The van der Waals surface area contributed by atoms with E-state index in [1.54, 1.807) is 0 Å². The van der Waals surface area contributed by atoms with Crippen LogP contribution in [0.2, 0.25) is 0 Å². The van der Waals surface area contributed by atoms with Crippen molar-refractivity contribution >= 4 is 5.97 Å². The minimum absolute atomic E-state index is 0.0446. The second kappa shape index (κ2) is 4.30. The number of hydrogen-bond donors (Lipinski definition) is 2. The van der Waals surface area contributed by atoms with E-state index in [2.05, 4.69) is 10.2 Å². The van der Waals surface area contributed by atoms with Gasteiger partial charge in [0.15, 0.2) is 0 Å².